The molecule has 6 heteroatoms. The van der Waals surface area contributed by atoms with E-state index in [1.165, 1.54) is 18.7 Å². The molecular weight excluding hydrogens is 146 g/mol. The SMILES string of the molecule is NC(=Nc1cncnc1)NO. The standard InChI is InChI=1S/C5H7N5O/c6-5(10-11)9-4-1-7-3-8-2-4/h1-3,11H,(H3,6,9,10). The number of guanidine groups is 1. The van der Waals surface area contributed by atoms with Crippen LogP contribution in [0.3, 0.4) is 0 Å². The van der Waals surface area contributed by atoms with Gasteiger partial charge in [-0.2, -0.15) is 0 Å². The first-order valence-corrected chi connectivity index (χ1v) is 2.82. The predicted octanol–water partition coefficient (Wildman–Crippen LogP) is -0.598. The second kappa shape index (κ2) is 3.47. The number of hydroxylamine groups is 1. The highest BCUT2D eigenvalue weighted by Gasteiger charge is 1.89. The molecule has 0 amide bonds. The van der Waals surface area contributed by atoms with E-state index in [1.54, 1.807) is 5.48 Å². The molecule has 0 atom stereocenters. The van der Waals surface area contributed by atoms with E-state index in [2.05, 4.69) is 15.0 Å². The van der Waals surface area contributed by atoms with Crippen LogP contribution in [-0.4, -0.2) is 21.1 Å². The van der Waals surface area contributed by atoms with E-state index < -0.39 is 0 Å². The summed E-state index contributed by atoms with van der Waals surface area (Å²) < 4.78 is 0. The molecule has 0 fully saturated rings. The summed E-state index contributed by atoms with van der Waals surface area (Å²) >= 11 is 0. The Morgan fingerprint density at radius 1 is 1.55 bits per heavy atom. The number of aliphatic imine (C=N–C) groups is 1. The number of hydrogen-bond donors (Lipinski definition) is 3. The predicted molar refractivity (Wildman–Crippen MR) is 38.2 cm³/mol. The van der Waals surface area contributed by atoms with Crippen molar-refractivity contribution in [3.8, 4) is 0 Å². The lowest BCUT2D eigenvalue weighted by Gasteiger charge is -1.94. The summed E-state index contributed by atoms with van der Waals surface area (Å²) in [4.78, 5) is 11.1. The minimum Gasteiger partial charge on any atom is -0.368 e. The van der Waals surface area contributed by atoms with E-state index in [4.69, 9.17) is 10.9 Å². The molecule has 0 aliphatic rings. The van der Waals surface area contributed by atoms with Crippen molar-refractivity contribution in [2.24, 2.45) is 10.7 Å². The van der Waals surface area contributed by atoms with Gasteiger partial charge in [0, 0.05) is 0 Å². The molecule has 11 heavy (non-hydrogen) atoms. The summed E-state index contributed by atoms with van der Waals surface area (Å²) in [7, 11) is 0. The highest BCUT2D eigenvalue weighted by Crippen LogP contribution is 2.03. The third kappa shape index (κ3) is 2.18. The van der Waals surface area contributed by atoms with Gasteiger partial charge in [0.05, 0.1) is 12.4 Å². The van der Waals surface area contributed by atoms with E-state index in [0.717, 1.165) is 0 Å². The third-order valence-corrected chi connectivity index (χ3v) is 0.911. The van der Waals surface area contributed by atoms with E-state index >= 15 is 0 Å². The molecular formula is C5H7N5O. The van der Waals surface area contributed by atoms with Crippen molar-refractivity contribution in [1.82, 2.24) is 15.4 Å². The van der Waals surface area contributed by atoms with Gasteiger partial charge in [0.2, 0.25) is 5.96 Å². The molecule has 4 N–H and O–H groups in total. The van der Waals surface area contributed by atoms with Crippen LogP contribution in [0.5, 0.6) is 0 Å². The average Bonchev–Trinajstić information content (AvgIpc) is 2.06. The van der Waals surface area contributed by atoms with Crippen LogP contribution in [0.15, 0.2) is 23.7 Å². The molecule has 1 aromatic rings. The highest BCUT2D eigenvalue weighted by atomic mass is 16.5. The molecule has 0 aliphatic heterocycles. The topological polar surface area (TPSA) is 96.4 Å². The summed E-state index contributed by atoms with van der Waals surface area (Å²) in [5.74, 6) is -0.0974. The Morgan fingerprint density at radius 3 is 2.73 bits per heavy atom. The Hall–Kier alpha value is -1.69. The number of rotatable bonds is 1. The van der Waals surface area contributed by atoms with Gasteiger partial charge in [-0.25, -0.2) is 20.4 Å². The number of nitrogens with one attached hydrogen (secondary N) is 1. The summed E-state index contributed by atoms with van der Waals surface area (Å²) in [5, 5.41) is 8.25. The van der Waals surface area contributed by atoms with E-state index in [9.17, 15) is 0 Å². The molecule has 0 bridgehead atoms. The van der Waals surface area contributed by atoms with Gasteiger partial charge in [0.25, 0.3) is 0 Å². The van der Waals surface area contributed by atoms with Gasteiger partial charge < -0.3 is 5.73 Å². The Morgan fingerprint density at radius 2 is 2.18 bits per heavy atom. The largest absolute Gasteiger partial charge is 0.368 e. The lowest BCUT2D eigenvalue weighted by molar-refractivity contribution is 0.233. The first-order chi connectivity index (χ1) is 5.33. The molecule has 0 aliphatic carbocycles. The molecule has 0 radical (unpaired) electrons. The fraction of sp³-hybridized carbons (Fsp3) is 0. The minimum atomic E-state index is -0.0974. The number of nitrogens with two attached hydrogens (primary N) is 1. The van der Waals surface area contributed by atoms with Crippen LogP contribution < -0.4 is 11.2 Å². The second-order valence-electron chi connectivity index (χ2n) is 1.71. The number of aromatic nitrogens is 2. The van der Waals surface area contributed by atoms with E-state index in [1.807, 2.05) is 0 Å². The van der Waals surface area contributed by atoms with Gasteiger partial charge in [-0.15, -0.1) is 0 Å². The quantitative estimate of drug-likeness (QED) is 0.284. The molecule has 0 saturated heterocycles. The zero-order chi connectivity index (χ0) is 8.10. The van der Waals surface area contributed by atoms with Crippen molar-refractivity contribution in [2.75, 3.05) is 0 Å². The van der Waals surface area contributed by atoms with E-state index in [-0.39, 0.29) is 5.96 Å². The monoisotopic (exact) mass is 153 g/mol. The van der Waals surface area contributed by atoms with Crippen molar-refractivity contribution in [3.63, 3.8) is 0 Å². The van der Waals surface area contributed by atoms with Crippen molar-refractivity contribution < 1.29 is 5.21 Å². The maximum Gasteiger partial charge on any atom is 0.218 e. The number of nitrogens with zero attached hydrogens (tertiary/aromatic N) is 3. The van der Waals surface area contributed by atoms with Gasteiger partial charge in [0.1, 0.15) is 12.0 Å². The molecule has 1 heterocycles. The third-order valence-electron chi connectivity index (χ3n) is 0.911. The summed E-state index contributed by atoms with van der Waals surface area (Å²) in [6.07, 6.45) is 4.32. The first kappa shape index (κ1) is 7.42. The highest BCUT2D eigenvalue weighted by molar-refractivity contribution is 5.79. The van der Waals surface area contributed by atoms with Crippen LogP contribution in [0.4, 0.5) is 5.69 Å². The van der Waals surface area contributed by atoms with Crippen molar-refractivity contribution in [1.29, 1.82) is 0 Å². The molecule has 58 valence electrons. The zero-order valence-corrected chi connectivity index (χ0v) is 5.60. The van der Waals surface area contributed by atoms with Crippen molar-refractivity contribution >= 4 is 11.6 Å². The average molecular weight is 153 g/mol. The molecule has 0 spiro atoms. The zero-order valence-electron chi connectivity index (χ0n) is 5.60. The first-order valence-electron chi connectivity index (χ1n) is 2.82. The van der Waals surface area contributed by atoms with Crippen LogP contribution >= 0.6 is 0 Å². The Labute approximate surface area is 62.8 Å². The van der Waals surface area contributed by atoms with Gasteiger partial charge in [-0.05, 0) is 0 Å². The maximum absolute atomic E-state index is 8.25. The van der Waals surface area contributed by atoms with Crippen LogP contribution in [0.25, 0.3) is 0 Å². The smallest absolute Gasteiger partial charge is 0.218 e. The Kier molecular flexibility index (Phi) is 2.34. The molecule has 0 saturated carbocycles. The molecule has 0 aromatic carbocycles. The normalized spacial score (nSPS) is 11.2. The number of hydrogen-bond acceptors (Lipinski definition) is 4. The Bertz CT molecular complexity index is 246. The maximum atomic E-state index is 8.25. The van der Waals surface area contributed by atoms with Gasteiger partial charge in [0.15, 0.2) is 0 Å². The van der Waals surface area contributed by atoms with Crippen molar-refractivity contribution in [2.45, 2.75) is 0 Å². The molecule has 6 nitrogen and oxygen atoms in total. The lowest BCUT2D eigenvalue weighted by atomic mass is 10.6. The Balaban J connectivity index is 2.79. The molecule has 0 unspecified atom stereocenters. The van der Waals surface area contributed by atoms with Gasteiger partial charge in [-0.3, -0.25) is 5.21 Å². The van der Waals surface area contributed by atoms with Crippen LogP contribution in [-0.2, 0) is 0 Å². The van der Waals surface area contributed by atoms with Gasteiger partial charge >= 0.3 is 0 Å². The minimum absolute atomic E-state index is 0.0974. The van der Waals surface area contributed by atoms with Crippen LogP contribution in [0.2, 0.25) is 0 Å². The van der Waals surface area contributed by atoms with Gasteiger partial charge in [-0.1, -0.05) is 0 Å². The van der Waals surface area contributed by atoms with E-state index in [0.29, 0.717) is 5.69 Å². The summed E-state index contributed by atoms with van der Waals surface area (Å²) in [6, 6.07) is 0. The van der Waals surface area contributed by atoms with Crippen LogP contribution in [0.1, 0.15) is 0 Å². The van der Waals surface area contributed by atoms with Crippen molar-refractivity contribution in [3.05, 3.63) is 18.7 Å². The van der Waals surface area contributed by atoms with Crippen LogP contribution in [0, 0.1) is 0 Å². The molecule has 1 rings (SSSR count). The lowest BCUT2D eigenvalue weighted by Crippen LogP contribution is -2.27. The fourth-order valence-corrected chi connectivity index (χ4v) is 0.513. The molecule has 1 aromatic heterocycles. The summed E-state index contributed by atoms with van der Waals surface area (Å²) in [6.45, 7) is 0. The summed E-state index contributed by atoms with van der Waals surface area (Å²) in [5.41, 5.74) is 7.30. The fourth-order valence-electron chi connectivity index (χ4n) is 0.513. The second-order valence-corrected chi connectivity index (χ2v) is 1.71.